The van der Waals surface area contributed by atoms with E-state index < -0.39 is 5.97 Å². The van der Waals surface area contributed by atoms with Crippen LogP contribution < -0.4 is 5.46 Å². The molecule has 0 spiro atoms. The fourth-order valence-corrected chi connectivity index (χ4v) is 2.60. The lowest BCUT2D eigenvalue weighted by molar-refractivity contribution is 0.0698. The van der Waals surface area contributed by atoms with Crippen LogP contribution in [-0.2, 0) is 12.8 Å². The van der Waals surface area contributed by atoms with Crippen molar-refractivity contribution >= 4 is 35.2 Å². The quantitative estimate of drug-likeness (QED) is 0.766. The summed E-state index contributed by atoms with van der Waals surface area (Å²) in [7, 11) is 5.80. The Bertz CT molecular complexity index is 415. The molecule has 70 valence electrons. The summed E-state index contributed by atoms with van der Waals surface area (Å²) in [6.07, 6.45) is 2.93. The van der Waals surface area contributed by atoms with E-state index in [-0.39, 0.29) is 5.56 Å². The summed E-state index contributed by atoms with van der Waals surface area (Å²) in [6, 6.07) is 1.60. The molecule has 4 heteroatoms. The number of carboxylic acid groups (broad SMARTS) is 1. The minimum Gasteiger partial charge on any atom is -0.478 e. The van der Waals surface area contributed by atoms with Crippen molar-refractivity contribution in [3.63, 3.8) is 0 Å². The summed E-state index contributed by atoms with van der Waals surface area (Å²) in [4.78, 5) is 10.9. The topological polar surface area (TPSA) is 37.3 Å². The number of hydrogen-bond donors (Lipinski definition) is 1. The van der Waals surface area contributed by atoms with Crippen LogP contribution in [0.3, 0.4) is 0 Å². The average molecular weight is 251 g/mol. The van der Waals surface area contributed by atoms with Crippen LogP contribution in [0.25, 0.3) is 0 Å². The van der Waals surface area contributed by atoms with Crippen LogP contribution in [0.4, 0.5) is 0 Å². The minimum atomic E-state index is -0.960. The largest absolute Gasteiger partial charge is 0.478 e. The molecule has 0 aliphatic heterocycles. The van der Waals surface area contributed by atoms with E-state index in [2.05, 4.69) is 15.9 Å². The van der Waals surface area contributed by atoms with Gasteiger partial charge in [0.25, 0.3) is 0 Å². The summed E-state index contributed by atoms with van der Waals surface area (Å²) in [5.41, 5.74) is 2.83. The number of hydrogen-bond acceptors (Lipinski definition) is 1. The number of aromatic carboxylic acids is 1. The predicted octanol–water partition coefficient (Wildman–Crippen LogP) is 1.43. The van der Waals surface area contributed by atoms with Crippen LogP contribution in [0.2, 0.25) is 0 Å². The van der Waals surface area contributed by atoms with Gasteiger partial charge in [0.05, 0.1) is 5.56 Å². The molecule has 0 saturated heterocycles. The van der Waals surface area contributed by atoms with Crippen molar-refractivity contribution in [1.29, 1.82) is 0 Å². The Kier molecular flexibility index (Phi) is 2.39. The van der Waals surface area contributed by atoms with Gasteiger partial charge in [0.2, 0.25) is 0 Å². The van der Waals surface area contributed by atoms with Crippen LogP contribution in [0.15, 0.2) is 10.5 Å². The zero-order valence-corrected chi connectivity index (χ0v) is 9.10. The molecule has 1 aliphatic carbocycles. The molecule has 0 unspecified atom stereocenters. The first kappa shape index (κ1) is 9.78. The molecule has 0 atom stereocenters. The minimum absolute atomic E-state index is 0.206. The van der Waals surface area contributed by atoms with Crippen LogP contribution in [0.1, 0.15) is 27.9 Å². The molecule has 0 heterocycles. The second-order valence-corrected chi connectivity index (χ2v) is 4.29. The smallest absolute Gasteiger partial charge is 0.335 e. The average Bonchev–Trinajstić information content (AvgIpc) is 2.59. The first-order valence-corrected chi connectivity index (χ1v) is 5.23. The van der Waals surface area contributed by atoms with Gasteiger partial charge in [0, 0.05) is 4.47 Å². The standard InChI is InChI=1S/C10H8BBrO2/c11-9-6-3-1-2-5(6)8(12)4-7(9)10(13)14/h4H,1-3H2,(H,13,14). The van der Waals surface area contributed by atoms with Crippen molar-refractivity contribution in [2.24, 2.45) is 0 Å². The molecular weight excluding hydrogens is 243 g/mol. The highest BCUT2D eigenvalue weighted by molar-refractivity contribution is 9.10. The summed E-state index contributed by atoms with van der Waals surface area (Å²) >= 11 is 3.38. The van der Waals surface area contributed by atoms with E-state index in [4.69, 9.17) is 13.0 Å². The number of rotatable bonds is 1. The zero-order valence-electron chi connectivity index (χ0n) is 7.51. The normalized spacial score (nSPS) is 14.1. The Labute approximate surface area is 91.9 Å². The van der Waals surface area contributed by atoms with Gasteiger partial charge in [-0.05, 0) is 36.5 Å². The molecule has 2 nitrogen and oxygen atoms in total. The molecule has 0 fully saturated rings. The lowest BCUT2D eigenvalue weighted by atomic mass is 9.84. The second-order valence-electron chi connectivity index (χ2n) is 3.44. The molecule has 2 rings (SSSR count). The lowest BCUT2D eigenvalue weighted by Gasteiger charge is -2.10. The molecule has 2 radical (unpaired) electrons. The Morgan fingerprint density at radius 1 is 1.43 bits per heavy atom. The molecule has 0 saturated carbocycles. The Balaban J connectivity index is 2.68. The Morgan fingerprint density at radius 2 is 2.07 bits per heavy atom. The van der Waals surface area contributed by atoms with E-state index >= 15 is 0 Å². The molecule has 0 amide bonds. The van der Waals surface area contributed by atoms with Gasteiger partial charge in [-0.2, -0.15) is 0 Å². The van der Waals surface area contributed by atoms with Crippen LogP contribution in [-0.4, -0.2) is 18.9 Å². The molecule has 1 N–H and O–H groups in total. The van der Waals surface area contributed by atoms with Crippen molar-refractivity contribution in [2.45, 2.75) is 19.3 Å². The maximum Gasteiger partial charge on any atom is 0.335 e. The van der Waals surface area contributed by atoms with Gasteiger partial charge in [-0.15, -0.1) is 0 Å². The molecule has 0 aromatic heterocycles. The highest BCUT2D eigenvalue weighted by atomic mass is 79.9. The molecule has 0 bridgehead atoms. The number of carboxylic acids is 1. The summed E-state index contributed by atoms with van der Waals surface area (Å²) in [5, 5.41) is 8.92. The van der Waals surface area contributed by atoms with E-state index in [1.807, 2.05) is 0 Å². The number of halogens is 1. The number of benzene rings is 1. The maximum absolute atomic E-state index is 10.9. The first-order chi connectivity index (χ1) is 6.61. The lowest BCUT2D eigenvalue weighted by Crippen LogP contribution is -2.20. The third kappa shape index (κ3) is 1.38. The van der Waals surface area contributed by atoms with Gasteiger partial charge in [-0.3, -0.25) is 0 Å². The molecule has 1 aliphatic rings. The highest BCUT2D eigenvalue weighted by Gasteiger charge is 2.20. The van der Waals surface area contributed by atoms with Gasteiger partial charge in [-0.25, -0.2) is 4.79 Å². The van der Waals surface area contributed by atoms with Crippen molar-refractivity contribution in [3.8, 4) is 0 Å². The third-order valence-electron chi connectivity index (χ3n) is 2.62. The predicted molar refractivity (Wildman–Crippen MR) is 58.5 cm³/mol. The summed E-state index contributed by atoms with van der Waals surface area (Å²) in [5.74, 6) is -0.960. The van der Waals surface area contributed by atoms with E-state index in [1.54, 1.807) is 6.07 Å². The van der Waals surface area contributed by atoms with Crippen LogP contribution >= 0.6 is 15.9 Å². The summed E-state index contributed by atoms with van der Waals surface area (Å²) in [6.45, 7) is 0. The van der Waals surface area contributed by atoms with E-state index in [1.165, 1.54) is 5.56 Å². The van der Waals surface area contributed by atoms with E-state index in [9.17, 15) is 4.79 Å². The Morgan fingerprint density at radius 3 is 2.71 bits per heavy atom. The number of fused-ring (bicyclic) bond motifs is 1. The summed E-state index contributed by atoms with van der Waals surface area (Å²) < 4.78 is 0.872. The van der Waals surface area contributed by atoms with Crippen molar-refractivity contribution in [1.82, 2.24) is 0 Å². The molecule has 14 heavy (non-hydrogen) atoms. The van der Waals surface area contributed by atoms with Gasteiger partial charge >= 0.3 is 5.97 Å². The van der Waals surface area contributed by atoms with Crippen molar-refractivity contribution in [2.75, 3.05) is 0 Å². The fraction of sp³-hybridized carbons (Fsp3) is 0.300. The Hall–Kier alpha value is -0.765. The van der Waals surface area contributed by atoms with Crippen LogP contribution in [0.5, 0.6) is 0 Å². The highest BCUT2D eigenvalue weighted by Crippen LogP contribution is 2.28. The van der Waals surface area contributed by atoms with Crippen molar-refractivity contribution < 1.29 is 9.90 Å². The second kappa shape index (κ2) is 3.42. The van der Waals surface area contributed by atoms with Gasteiger partial charge < -0.3 is 5.11 Å². The third-order valence-corrected chi connectivity index (χ3v) is 3.33. The van der Waals surface area contributed by atoms with Gasteiger partial charge in [0.15, 0.2) is 0 Å². The molecule has 1 aromatic carbocycles. The maximum atomic E-state index is 10.9. The zero-order chi connectivity index (χ0) is 10.3. The van der Waals surface area contributed by atoms with Gasteiger partial charge in [-0.1, -0.05) is 21.4 Å². The van der Waals surface area contributed by atoms with Crippen LogP contribution in [0, 0.1) is 0 Å². The SMILES string of the molecule is [B]c1c(C(=O)O)cc(Br)c2c1CCC2. The van der Waals surface area contributed by atoms with Crippen molar-refractivity contribution in [3.05, 3.63) is 27.2 Å². The fourth-order valence-electron chi connectivity index (χ4n) is 1.94. The first-order valence-electron chi connectivity index (χ1n) is 4.44. The monoisotopic (exact) mass is 250 g/mol. The van der Waals surface area contributed by atoms with E-state index in [0.717, 1.165) is 29.3 Å². The number of carbonyl (C=O) groups is 1. The molecular formula is C10H8BBrO2. The molecule has 1 aromatic rings. The van der Waals surface area contributed by atoms with Gasteiger partial charge in [0.1, 0.15) is 7.85 Å². The van der Waals surface area contributed by atoms with E-state index in [0.29, 0.717) is 5.46 Å².